The van der Waals surface area contributed by atoms with Gasteiger partial charge in [0, 0.05) is 35.9 Å². The maximum atomic E-state index is 10.6. The first-order chi connectivity index (χ1) is 13.8. The smallest absolute Gasteiger partial charge is 0.475 e. The molecule has 0 aromatic heterocycles. The number of carboxylic acids is 1. The Morgan fingerprint density at radius 3 is 2.33 bits per heavy atom. The summed E-state index contributed by atoms with van der Waals surface area (Å²) in [7, 11) is 0. The molecule has 1 atom stereocenters. The van der Waals surface area contributed by atoms with E-state index in [2.05, 4.69) is 29.3 Å². The number of hydrogen-bond acceptors (Lipinski definition) is 4. The summed E-state index contributed by atoms with van der Waals surface area (Å²) in [6.07, 6.45) is 0.314. The van der Waals surface area contributed by atoms with E-state index in [9.17, 15) is 18.3 Å². The molecule has 2 rings (SSSR count). The first-order valence-corrected chi connectivity index (χ1v) is 10.4. The third-order valence-corrected chi connectivity index (χ3v) is 5.09. The molecule has 0 amide bonds. The van der Waals surface area contributed by atoms with Crippen molar-refractivity contribution in [1.82, 2.24) is 5.32 Å². The van der Waals surface area contributed by atoms with Crippen LogP contribution in [0.15, 0.2) is 24.3 Å². The summed E-state index contributed by atoms with van der Waals surface area (Å²) in [5, 5.41) is 21.5. The fourth-order valence-electron chi connectivity index (χ4n) is 3.30. The van der Waals surface area contributed by atoms with Crippen LogP contribution in [0.3, 0.4) is 0 Å². The van der Waals surface area contributed by atoms with Gasteiger partial charge in [0.15, 0.2) is 0 Å². The van der Waals surface area contributed by atoms with Crippen LogP contribution in [0.5, 0.6) is 0 Å². The Balaban J connectivity index is 0.000000553. The van der Waals surface area contributed by atoms with Crippen molar-refractivity contribution in [2.45, 2.75) is 76.7 Å². The molecule has 1 unspecified atom stereocenters. The number of anilines is 1. The highest BCUT2D eigenvalue weighted by Gasteiger charge is 2.38. The maximum Gasteiger partial charge on any atom is 0.490 e. The quantitative estimate of drug-likeness (QED) is 0.551. The van der Waals surface area contributed by atoms with Crippen molar-refractivity contribution in [2.24, 2.45) is 0 Å². The Hall–Kier alpha value is -1.51. The predicted molar refractivity (Wildman–Crippen MR) is 113 cm³/mol. The molecule has 1 saturated heterocycles. The second-order valence-electron chi connectivity index (χ2n) is 8.32. The molecule has 5 nitrogen and oxygen atoms in total. The van der Waals surface area contributed by atoms with Gasteiger partial charge in [0.2, 0.25) is 0 Å². The van der Waals surface area contributed by atoms with Crippen LogP contribution in [-0.2, 0) is 4.79 Å². The highest BCUT2D eigenvalue weighted by atomic mass is 35.5. The van der Waals surface area contributed by atoms with Gasteiger partial charge in [0.05, 0.1) is 5.60 Å². The van der Waals surface area contributed by atoms with Gasteiger partial charge in [-0.15, -0.1) is 0 Å². The van der Waals surface area contributed by atoms with Crippen LogP contribution in [0.4, 0.5) is 18.9 Å². The third kappa shape index (κ3) is 11.0. The molecule has 1 aromatic carbocycles. The van der Waals surface area contributed by atoms with Gasteiger partial charge in [-0.1, -0.05) is 17.7 Å². The normalized spacial score (nSPS) is 16.6. The van der Waals surface area contributed by atoms with E-state index in [0.717, 1.165) is 37.4 Å². The molecule has 172 valence electrons. The van der Waals surface area contributed by atoms with Crippen molar-refractivity contribution in [1.29, 1.82) is 0 Å². The van der Waals surface area contributed by atoms with Crippen LogP contribution >= 0.6 is 11.6 Å². The van der Waals surface area contributed by atoms with Gasteiger partial charge < -0.3 is 20.4 Å². The van der Waals surface area contributed by atoms with Crippen LogP contribution in [0.25, 0.3) is 0 Å². The summed E-state index contributed by atoms with van der Waals surface area (Å²) in [6.45, 7) is 8.18. The number of rotatable bonds is 7. The molecule has 0 radical (unpaired) electrons. The number of halogens is 4. The molecule has 1 aliphatic heterocycles. The second kappa shape index (κ2) is 11.8. The molecular formula is C21H32ClF3N2O3. The Kier molecular flexibility index (Phi) is 10.4. The van der Waals surface area contributed by atoms with Crippen LogP contribution in [0.1, 0.15) is 52.9 Å². The number of nitrogens with one attached hydrogen (secondary N) is 1. The van der Waals surface area contributed by atoms with E-state index in [-0.39, 0.29) is 0 Å². The number of alkyl halides is 3. The molecule has 0 bridgehead atoms. The lowest BCUT2D eigenvalue weighted by Gasteiger charge is -2.35. The van der Waals surface area contributed by atoms with E-state index in [1.165, 1.54) is 18.5 Å². The van der Waals surface area contributed by atoms with Gasteiger partial charge in [0.25, 0.3) is 0 Å². The van der Waals surface area contributed by atoms with Gasteiger partial charge in [-0.05, 0) is 71.1 Å². The number of aliphatic hydroxyl groups is 1. The molecule has 30 heavy (non-hydrogen) atoms. The van der Waals surface area contributed by atoms with Crippen molar-refractivity contribution in [3.63, 3.8) is 0 Å². The average molecular weight is 453 g/mol. The van der Waals surface area contributed by atoms with E-state index < -0.39 is 17.7 Å². The fourth-order valence-corrected chi connectivity index (χ4v) is 3.49. The Morgan fingerprint density at radius 1 is 1.30 bits per heavy atom. The molecule has 3 N–H and O–H groups in total. The molecule has 0 spiro atoms. The van der Waals surface area contributed by atoms with E-state index in [1.54, 1.807) is 0 Å². The third-order valence-electron chi connectivity index (χ3n) is 4.86. The van der Waals surface area contributed by atoms with Crippen LogP contribution in [0.2, 0.25) is 5.02 Å². The van der Waals surface area contributed by atoms with Crippen molar-refractivity contribution >= 4 is 23.3 Å². The topological polar surface area (TPSA) is 72.8 Å². The van der Waals surface area contributed by atoms with Gasteiger partial charge in [-0.25, -0.2) is 4.79 Å². The largest absolute Gasteiger partial charge is 0.490 e. The zero-order valence-electron chi connectivity index (χ0n) is 17.7. The summed E-state index contributed by atoms with van der Waals surface area (Å²) in [5.41, 5.74) is 0.691. The lowest BCUT2D eigenvalue weighted by atomic mass is 9.98. The van der Waals surface area contributed by atoms with Crippen molar-refractivity contribution < 1.29 is 28.2 Å². The second-order valence-corrected chi connectivity index (χ2v) is 8.75. The molecular weight excluding hydrogens is 421 g/mol. The number of aliphatic carboxylic acids is 1. The monoisotopic (exact) mass is 452 g/mol. The van der Waals surface area contributed by atoms with E-state index in [4.69, 9.17) is 21.5 Å². The van der Waals surface area contributed by atoms with Crippen molar-refractivity contribution in [2.75, 3.05) is 18.0 Å². The number of piperidine rings is 1. The summed E-state index contributed by atoms with van der Waals surface area (Å²) in [6, 6.07) is 9.25. The lowest BCUT2D eigenvalue weighted by molar-refractivity contribution is -0.192. The lowest BCUT2D eigenvalue weighted by Crippen LogP contribution is -2.45. The Morgan fingerprint density at radius 2 is 1.87 bits per heavy atom. The highest BCUT2D eigenvalue weighted by Crippen LogP contribution is 2.23. The van der Waals surface area contributed by atoms with E-state index in [1.807, 2.05) is 26.0 Å². The number of hydrogen-bond donors (Lipinski definition) is 3. The van der Waals surface area contributed by atoms with Gasteiger partial charge in [-0.3, -0.25) is 0 Å². The van der Waals surface area contributed by atoms with Crippen molar-refractivity contribution in [3.8, 4) is 0 Å². The maximum absolute atomic E-state index is 10.6. The summed E-state index contributed by atoms with van der Waals surface area (Å²) in [4.78, 5) is 11.3. The summed E-state index contributed by atoms with van der Waals surface area (Å²) >= 11 is 6.09. The highest BCUT2D eigenvalue weighted by molar-refractivity contribution is 6.30. The molecule has 1 aromatic rings. The van der Waals surface area contributed by atoms with Gasteiger partial charge in [0.1, 0.15) is 0 Å². The molecule has 0 saturated carbocycles. The average Bonchev–Trinajstić information content (AvgIpc) is 2.61. The first kappa shape index (κ1) is 26.5. The fraction of sp³-hybridized carbons (Fsp3) is 0.667. The molecule has 0 aliphatic carbocycles. The molecule has 1 heterocycles. The zero-order valence-corrected chi connectivity index (χ0v) is 18.4. The minimum absolute atomic E-state index is 0.514. The number of nitrogens with zero attached hydrogens (tertiary/aromatic N) is 1. The van der Waals surface area contributed by atoms with Crippen LogP contribution < -0.4 is 10.2 Å². The standard InChI is InChI=1S/C19H31ClN2O.C2HF3O2/c1-15(6-5-11-19(2,3)23)21-17-9-12-22(13-10-17)18-8-4-7-16(20)14-18;3-2(4,5)1(6)7/h4,7-8,14-15,17,21,23H,5-6,9-13H2,1-3H3;(H,6,7). The number of carboxylic acid groups (broad SMARTS) is 1. The molecule has 1 fully saturated rings. The van der Waals surface area contributed by atoms with Crippen molar-refractivity contribution in [3.05, 3.63) is 29.3 Å². The van der Waals surface area contributed by atoms with Crippen LogP contribution in [0, 0.1) is 0 Å². The molecule has 1 aliphatic rings. The van der Waals surface area contributed by atoms with Gasteiger partial charge in [-0.2, -0.15) is 13.2 Å². The van der Waals surface area contributed by atoms with Crippen LogP contribution in [-0.4, -0.2) is 53.1 Å². The van der Waals surface area contributed by atoms with E-state index >= 15 is 0 Å². The first-order valence-electron chi connectivity index (χ1n) is 10.1. The number of carbonyl (C=O) groups is 1. The molecule has 9 heteroatoms. The van der Waals surface area contributed by atoms with Gasteiger partial charge >= 0.3 is 12.1 Å². The van der Waals surface area contributed by atoms with E-state index in [0.29, 0.717) is 12.1 Å². The Bertz CT molecular complexity index is 658. The summed E-state index contributed by atoms with van der Waals surface area (Å²) in [5.74, 6) is -2.76. The SMILES string of the molecule is CC(CCCC(C)(C)O)NC1CCN(c2cccc(Cl)c2)CC1.O=C(O)C(F)(F)F. The predicted octanol–water partition coefficient (Wildman–Crippen LogP) is 4.86. The number of benzene rings is 1. The zero-order chi connectivity index (χ0) is 22.9. The minimum Gasteiger partial charge on any atom is -0.475 e. The minimum atomic E-state index is -5.08. The summed E-state index contributed by atoms with van der Waals surface area (Å²) < 4.78 is 31.7. The Labute approximate surface area is 181 Å².